The van der Waals surface area contributed by atoms with Crippen molar-refractivity contribution in [3.63, 3.8) is 0 Å². The minimum atomic E-state index is -2.61. The van der Waals surface area contributed by atoms with Gasteiger partial charge >= 0.3 is 0 Å². The molecule has 80 valence electrons. The third-order valence-electron chi connectivity index (χ3n) is 2.04. The number of alkyl halides is 2. The Morgan fingerprint density at radius 2 is 2.27 bits per heavy atom. The Morgan fingerprint density at radius 1 is 1.53 bits per heavy atom. The smallest absolute Gasteiger partial charge is 0.265 e. The molecule has 0 radical (unpaired) electrons. The summed E-state index contributed by atoms with van der Waals surface area (Å²) in [7, 11) is 0. The fraction of sp³-hybridized carbons (Fsp3) is 0.222. The number of Topliss-reactive ketones (excluding diaryl/α,β-unsaturated/α-hetero) is 1. The molecule has 2 heterocycles. The second kappa shape index (κ2) is 3.62. The molecule has 0 aliphatic carbocycles. The first-order valence-corrected chi connectivity index (χ1v) is 5.01. The molecule has 0 saturated carbocycles. The molecule has 2 N–H and O–H groups in total. The number of nitrogens with two attached hydrogens (primary N) is 1. The minimum absolute atomic E-state index is 0.0654. The average Bonchev–Trinajstić information content (AvgIpc) is 2.73. The summed E-state index contributed by atoms with van der Waals surface area (Å²) in [6.07, 6.45) is -2.61. The molecule has 15 heavy (non-hydrogen) atoms. The van der Waals surface area contributed by atoms with E-state index in [0.29, 0.717) is 0 Å². The number of carbonyl (C=O) groups excluding carboxylic acids is 1. The predicted molar refractivity (Wildman–Crippen MR) is 51.3 cm³/mol. The van der Waals surface area contributed by atoms with Crippen LogP contribution in [0.15, 0.2) is 17.3 Å². The molecule has 0 fully saturated rings. The van der Waals surface area contributed by atoms with Gasteiger partial charge in [-0.15, -0.1) is 11.3 Å². The molecule has 2 rings (SSSR count). The Labute approximate surface area is 88.1 Å². The highest BCUT2D eigenvalue weighted by molar-refractivity contribution is 7.11. The van der Waals surface area contributed by atoms with E-state index in [2.05, 4.69) is 0 Å². The number of thiophene rings is 1. The normalized spacial score (nSPS) is 16.3. The molecule has 6 heteroatoms. The minimum Gasteiger partial charge on any atom is -0.470 e. The van der Waals surface area contributed by atoms with E-state index in [-0.39, 0.29) is 34.3 Å². The van der Waals surface area contributed by atoms with E-state index in [4.69, 9.17) is 10.5 Å². The van der Waals surface area contributed by atoms with Crippen LogP contribution >= 0.6 is 11.3 Å². The van der Waals surface area contributed by atoms with Gasteiger partial charge in [-0.25, -0.2) is 8.78 Å². The summed E-state index contributed by atoms with van der Waals surface area (Å²) in [6.45, 7) is -0.165. The third-order valence-corrected chi connectivity index (χ3v) is 2.99. The van der Waals surface area contributed by atoms with E-state index in [1.165, 1.54) is 11.4 Å². The lowest BCUT2D eigenvalue weighted by atomic mass is 10.1. The lowest BCUT2D eigenvalue weighted by molar-refractivity contribution is -0.115. The van der Waals surface area contributed by atoms with Gasteiger partial charge in [-0.2, -0.15) is 0 Å². The van der Waals surface area contributed by atoms with Gasteiger partial charge < -0.3 is 10.5 Å². The molecule has 0 spiro atoms. The highest BCUT2D eigenvalue weighted by Gasteiger charge is 2.29. The number of ether oxygens (including phenoxy) is 1. The molecule has 1 aliphatic rings. The van der Waals surface area contributed by atoms with Crippen LogP contribution in [0.1, 0.15) is 16.9 Å². The third kappa shape index (κ3) is 1.61. The van der Waals surface area contributed by atoms with E-state index in [1.807, 2.05) is 0 Å². The number of hydrogen-bond acceptors (Lipinski definition) is 4. The number of carbonyl (C=O) groups is 1. The maximum Gasteiger partial charge on any atom is 0.265 e. The van der Waals surface area contributed by atoms with Crippen LogP contribution in [0.4, 0.5) is 8.78 Å². The summed E-state index contributed by atoms with van der Waals surface area (Å²) in [6, 6.07) is 1.29. The summed E-state index contributed by atoms with van der Waals surface area (Å²) in [5.41, 5.74) is 5.34. The molecule has 0 atom stereocenters. The summed E-state index contributed by atoms with van der Waals surface area (Å²) in [4.78, 5) is 11.6. The van der Waals surface area contributed by atoms with Crippen molar-refractivity contribution in [1.29, 1.82) is 0 Å². The van der Waals surface area contributed by atoms with Gasteiger partial charge in [0.1, 0.15) is 0 Å². The van der Waals surface area contributed by atoms with Gasteiger partial charge in [0.2, 0.25) is 5.78 Å². The molecule has 0 aromatic carbocycles. The van der Waals surface area contributed by atoms with Gasteiger partial charge in [-0.1, -0.05) is 0 Å². The zero-order chi connectivity index (χ0) is 11.0. The monoisotopic (exact) mass is 231 g/mol. The lowest BCUT2D eigenvalue weighted by Crippen LogP contribution is -2.02. The molecule has 3 nitrogen and oxygen atoms in total. The van der Waals surface area contributed by atoms with E-state index >= 15 is 0 Å². The highest BCUT2D eigenvalue weighted by Crippen LogP contribution is 2.35. The first-order valence-electron chi connectivity index (χ1n) is 4.13. The summed E-state index contributed by atoms with van der Waals surface area (Å²) >= 11 is 1.06. The van der Waals surface area contributed by atoms with Crippen LogP contribution in [0.25, 0.3) is 5.57 Å². The van der Waals surface area contributed by atoms with Gasteiger partial charge in [-0.3, -0.25) is 4.79 Å². The van der Waals surface area contributed by atoms with Gasteiger partial charge in [0.15, 0.2) is 12.5 Å². The zero-order valence-electron chi connectivity index (χ0n) is 7.50. The zero-order valence-corrected chi connectivity index (χ0v) is 8.31. The van der Waals surface area contributed by atoms with Crippen LogP contribution in [-0.4, -0.2) is 12.4 Å². The van der Waals surface area contributed by atoms with Gasteiger partial charge in [0.25, 0.3) is 6.43 Å². The highest BCUT2D eigenvalue weighted by atomic mass is 32.1. The average molecular weight is 231 g/mol. The number of hydrogen-bond donors (Lipinski definition) is 1. The van der Waals surface area contributed by atoms with Crippen LogP contribution in [0, 0.1) is 0 Å². The predicted octanol–water partition coefficient (Wildman–Crippen LogP) is 1.91. The van der Waals surface area contributed by atoms with Crippen LogP contribution < -0.4 is 5.73 Å². The second-order valence-electron chi connectivity index (χ2n) is 2.96. The molecule has 0 unspecified atom stereocenters. The Bertz CT molecular complexity index is 439. The summed E-state index contributed by atoms with van der Waals surface area (Å²) < 4.78 is 29.9. The standard InChI is InChI=1S/C9H7F2NO2S/c10-8(11)4-1-2-15-7(4)6-5(13)3-14-9(6)12/h1-2,8H,3,12H2. The molecular formula is C9H7F2NO2S. The van der Waals surface area contributed by atoms with E-state index < -0.39 is 6.43 Å². The first kappa shape index (κ1) is 10.1. The summed E-state index contributed by atoms with van der Waals surface area (Å²) in [5, 5.41) is 1.50. The number of rotatable bonds is 2. The topological polar surface area (TPSA) is 52.3 Å². The van der Waals surface area contributed by atoms with Crippen LogP contribution in [-0.2, 0) is 9.53 Å². The van der Waals surface area contributed by atoms with Crippen molar-refractivity contribution in [2.24, 2.45) is 5.73 Å². The largest absolute Gasteiger partial charge is 0.470 e. The number of halogens is 2. The molecule has 0 saturated heterocycles. The van der Waals surface area contributed by atoms with E-state index in [1.54, 1.807) is 0 Å². The van der Waals surface area contributed by atoms with Crippen molar-refractivity contribution >= 4 is 22.7 Å². The molecule has 0 amide bonds. The molecular weight excluding hydrogens is 224 g/mol. The maximum absolute atomic E-state index is 12.6. The van der Waals surface area contributed by atoms with Gasteiger partial charge in [0, 0.05) is 5.56 Å². The van der Waals surface area contributed by atoms with Crippen molar-refractivity contribution in [2.75, 3.05) is 6.61 Å². The molecule has 0 bridgehead atoms. The second-order valence-corrected chi connectivity index (χ2v) is 3.87. The molecule has 1 aliphatic heterocycles. The maximum atomic E-state index is 12.6. The SMILES string of the molecule is NC1=C(c2sccc2C(F)F)C(=O)CO1. The van der Waals surface area contributed by atoms with Gasteiger partial charge in [0.05, 0.1) is 10.5 Å². The van der Waals surface area contributed by atoms with Gasteiger partial charge in [-0.05, 0) is 11.4 Å². The van der Waals surface area contributed by atoms with Crippen molar-refractivity contribution in [1.82, 2.24) is 0 Å². The quantitative estimate of drug-likeness (QED) is 0.845. The van der Waals surface area contributed by atoms with Crippen LogP contribution in [0.2, 0.25) is 0 Å². The number of ketones is 1. The first-order chi connectivity index (χ1) is 7.11. The van der Waals surface area contributed by atoms with Crippen molar-refractivity contribution < 1.29 is 18.3 Å². The van der Waals surface area contributed by atoms with Crippen molar-refractivity contribution in [3.05, 3.63) is 27.8 Å². The fourth-order valence-electron chi connectivity index (χ4n) is 1.36. The van der Waals surface area contributed by atoms with Crippen LogP contribution in [0.3, 0.4) is 0 Å². The van der Waals surface area contributed by atoms with Crippen LogP contribution in [0.5, 0.6) is 0 Å². The Morgan fingerprint density at radius 3 is 2.80 bits per heavy atom. The Balaban J connectivity index is 2.50. The molecule has 1 aromatic rings. The molecule has 1 aromatic heterocycles. The Hall–Kier alpha value is -1.43. The van der Waals surface area contributed by atoms with E-state index in [9.17, 15) is 13.6 Å². The summed E-state index contributed by atoms with van der Waals surface area (Å²) in [5.74, 6) is -0.416. The Kier molecular flexibility index (Phi) is 2.44. The lowest BCUT2D eigenvalue weighted by Gasteiger charge is -2.01. The van der Waals surface area contributed by atoms with E-state index in [0.717, 1.165) is 11.3 Å². The fourth-order valence-corrected chi connectivity index (χ4v) is 2.33. The van der Waals surface area contributed by atoms with Crippen molar-refractivity contribution in [3.8, 4) is 0 Å². The van der Waals surface area contributed by atoms with Crippen molar-refractivity contribution in [2.45, 2.75) is 6.43 Å².